The highest BCUT2D eigenvalue weighted by molar-refractivity contribution is 5.95. The average Bonchev–Trinajstić information content (AvgIpc) is 3.43. The molecule has 3 aliphatic rings. The number of ether oxygens (including phenoxy) is 1. The number of benzene rings is 1. The summed E-state index contributed by atoms with van der Waals surface area (Å²) in [6.45, 7) is 4.81. The maximum Gasteiger partial charge on any atom is 0.255 e. The third kappa shape index (κ3) is 4.62. The molecule has 2 saturated heterocycles. The van der Waals surface area contributed by atoms with Crippen LogP contribution < -0.4 is 15.8 Å². The SMILES string of the molecule is Cc1c(-c2cc3cccc(OCC4CCC(=O)N4)c3n2CC2CC2)nn2cc(C(=O)N3CCCC(N)C3)ccc12. The Balaban J connectivity index is 1.26. The molecule has 1 aromatic carbocycles. The largest absolute Gasteiger partial charge is 0.489 e. The summed E-state index contributed by atoms with van der Waals surface area (Å²) in [6, 6.07) is 12.4. The number of pyridine rings is 1. The first kappa shape index (κ1) is 25.1. The van der Waals surface area contributed by atoms with Crippen molar-refractivity contribution in [3.8, 4) is 17.1 Å². The highest BCUT2D eigenvalue weighted by atomic mass is 16.5. The predicted octanol–water partition coefficient (Wildman–Crippen LogP) is 3.90. The van der Waals surface area contributed by atoms with Crippen LogP contribution in [0, 0.1) is 12.8 Å². The molecule has 2 atom stereocenters. The van der Waals surface area contributed by atoms with Crippen molar-refractivity contribution in [3.05, 3.63) is 53.7 Å². The first-order chi connectivity index (χ1) is 19.4. The zero-order chi connectivity index (χ0) is 27.4. The minimum Gasteiger partial charge on any atom is -0.489 e. The fourth-order valence-electron chi connectivity index (χ4n) is 6.26. The number of nitrogens with one attached hydrogen (secondary N) is 1. The number of hydrogen-bond acceptors (Lipinski definition) is 5. The van der Waals surface area contributed by atoms with E-state index in [0.29, 0.717) is 31.1 Å². The smallest absolute Gasteiger partial charge is 0.255 e. The van der Waals surface area contributed by atoms with E-state index in [1.807, 2.05) is 39.9 Å². The maximum atomic E-state index is 13.3. The van der Waals surface area contributed by atoms with Crippen molar-refractivity contribution in [2.75, 3.05) is 19.7 Å². The standard InChI is InChI=1S/C31H36N6O3/c1-19-25-11-9-22(31(39)35-13-3-5-23(32)17-35)16-37(25)34-29(19)26-14-21-4-2-6-27(30(21)36(26)15-20-7-8-20)40-18-24-10-12-28(38)33-24/h2,4,6,9,11,14,16,20,23-24H,3,5,7-8,10,12-13,15,17-18,32H2,1H3,(H,33,38). The summed E-state index contributed by atoms with van der Waals surface area (Å²) in [5.41, 5.74) is 11.9. The Hall–Kier alpha value is -3.85. The summed E-state index contributed by atoms with van der Waals surface area (Å²) in [5.74, 6) is 1.58. The van der Waals surface area contributed by atoms with E-state index in [0.717, 1.165) is 71.5 Å². The molecular weight excluding hydrogens is 504 g/mol. The van der Waals surface area contributed by atoms with Crippen LogP contribution in [0.15, 0.2) is 42.6 Å². The van der Waals surface area contributed by atoms with E-state index < -0.39 is 0 Å². The third-order valence-corrected chi connectivity index (χ3v) is 8.66. The highest BCUT2D eigenvalue weighted by Gasteiger charge is 2.28. The summed E-state index contributed by atoms with van der Waals surface area (Å²) in [6.07, 6.45) is 7.58. The van der Waals surface area contributed by atoms with Gasteiger partial charge in [0.05, 0.1) is 28.3 Å². The van der Waals surface area contributed by atoms with Crippen molar-refractivity contribution in [1.82, 2.24) is 24.4 Å². The van der Waals surface area contributed by atoms with Crippen molar-refractivity contribution in [3.63, 3.8) is 0 Å². The normalized spacial score (nSPS) is 21.4. The second kappa shape index (κ2) is 9.96. The summed E-state index contributed by atoms with van der Waals surface area (Å²) in [7, 11) is 0. The molecular formula is C31H36N6O3. The first-order valence-corrected chi connectivity index (χ1v) is 14.5. The molecule has 2 aliphatic heterocycles. The van der Waals surface area contributed by atoms with Gasteiger partial charge in [0.2, 0.25) is 5.91 Å². The van der Waals surface area contributed by atoms with Crippen molar-refractivity contribution in [1.29, 1.82) is 0 Å². The number of nitrogens with zero attached hydrogens (tertiary/aromatic N) is 4. The van der Waals surface area contributed by atoms with E-state index in [1.165, 1.54) is 12.8 Å². The third-order valence-electron chi connectivity index (χ3n) is 8.66. The minimum absolute atomic E-state index is 0.00911. The lowest BCUT2D eigenvalue weighted by atomic mass is 10.1. The Bertz CT molecular complexity index is 1620. The molecule has 4 aromatic rings. The minimum atomic E-state index is 0.00911. The molecule has 5 heterocycles. The van der Waals surface area contributed by atoms with Crippen LogP contribution in [0.3, 0.4) is 0 Å². The van der Waals surface area contributed by atoms with E-state index in [9.17, 15) is 9.59 Å². The van der Waals surface area contributed by atoms with Gasteiger partial charge in [-0.25, -0.2) is 4.52 Å². The summed E-state index contributed by atoms with van der Waals surface area (Å²) >= 11 is 0. The van der Waals surface area contributed by atoms with E-state index in [2.05, 4.69) is 28.9 Å². The lowest BCUT2D eigenvalue weighted by Gasteiger charge is -2.30. The van der Waals surface area contributed by atoms with Crippen LogP contribution in [0.25, 0.3) is 27.8 Å². The van der Waals surface area contributed by atoms with Gasteiger partial charge < -0.3 is 25.3 Å². The van der Waals surface area contributed by atoms with Gasteiger partial charge in [-0.2, -0.15) is 5.10 Å². The molecule has 3 aromatic heterocycles. The Morgan fingerprint density at radius 2 is 2.05 bits per heavy atom. The molecule has 1 aliphatic carbocycles. The molecule has 0 radical (unpaired) electrons. The Kier molecular flexibility index (Phi) is 6.26. The van der Waals surface area contributed by atoms with E-state index in [-0.39, 0.29) is 23.9 Å². The lowest BCUT2D eigenvalue weighted by Crippen LogP contribution is -2.45. The summed E-state index contributed by atoms with van der Waals surface area (Å²) in [5, 5.41) is 9.14. The Morgan fingerprint density at radius 3 is 2.83 bits per heavy atom. The molecule has 40 heavy (non-hydrogen) atoms. The number of para-hydroxylation sites is 1. The molecule has 208 valence electrons. The number of aryl methyl sites for hydroxylation is 1. The van der Waals surface area contributed by atoms with Gasteiger partial charge in [0.15, 0.2) is 0 Å². The molecule has 0 bridgehead atoms. The number of amides is 2. The van der Waals surface area contributed by atoms with Crippen LogP contribution in [0.5, 0.6) is 5.75 Å². The van der Waals surface area contributed by atoms with Crippen molar-refractivity contribution >= 4 is 28.2 Å². The second-order valence-corrected chi connectivity index (χ2v) is 11.8. The van der Waals surface area contributed by atoms with Crippen molar-refractivity contribution in [2.45, 2.75) is 64.1 Å². The van der Waals surface area contributed by atoms with E-state index in [4.69, 9.17) is 15.6 Å². The Morgan fingerprint density at radius 1 is 1.18 bits per heavy atom. The number of likely N-dealkylation sites (tertiary alicyclic amines) is 1. The topological polar surface area (TPSA) is 107 Å². The van der Waals surface area contributed by atoms with Gasteiger partial charge in [0.1, 0.15) is 18.1 Å². The molecule has 2 amide bonds. The molecule has 2 unspecified atom stereocenters. The number of hydrogen-bond donors (Lipinski definition) is 2. The van der Waals surface area contributed by atoms with E-state index >= 15 is 0 Å². The second-order valence-electron chi connectivity index (χ2n) is 11.8. The zero-order valence-corrected chi connectivity index (χ0v) is 22.9. The number of rotatable bonds is 7. The molecule has 7 rings (SSSR count). The number of carbonyl (C=O) groups is 2. The van der Waals surface area contributed by atoms with Crippen LogP contribution in [0.1, 0.15) is 54.4 Å². The van der Waals surface area contributed by atoms with Gasteiger partial charge >= 0.3 is 0 Å². The Labute approximate surface area is 233 Å². The molecule has 3 fully saturated rings. The van der Waals surface area contributed by atoms with Crippen molar-refractivity contribution < 1.29 is 14.3 Å². The fourth-order valence-corrected chi connectivity index (χ4v) is 6.26. The monoisotopic (exact) mass is 540 g/mol. The number of fused-ring (bicyclic) bond motifs is 2. The lowest BCUT2D eigenvalue weighted by molar-refractivity contribution is -0.119. The van der Waals surface area contributed by atoms with Gasteiger partial charge in [-0.05, 0) is 69.2 Å². The van der Waals surface area contributed by atoms with Crippen LogP contribution in [0.2, 0.25) is 0 Å². The van der Waals surface area contributed by atoms with Crippen molar-refractivity contribution in [2.24, 2.45) is 11.7 Å². The highest BCUT2D eigenvalue weighted by Crippen LogP contribution is 2.39. The zero-order valence-electron chi connectivity index (χ0n) is 22.9. The summed E-state index contributed by atoms with van der Waals surface area (Å²) < 4.78 is 10.5. The number of carbonyl (C=O) groups excluding carboxylic acids is 2. The van der Waals surface area contributed by atoms with Crippen LogP contribution in [-0.2, 0) is 11.3 Å². The first-order valence-electron chi connectivity index (χ1n) is 14.5. The predicted molar refractivity (Wildman–Crippen MR) is 153 cm³/mol. The van der Waals surface area contributed by atoms with Crippen LogP contribution in [0.4, 0.5) is 0 Å². The number of nitrogens with two attached hydrogens (primary N) is 1. The number of piperidine rings is 1. The van der Waals surface area contributed by atoms with Gasteiger partial charge in [0, 0.05) is 49.2 Å². The van der Waals surface area contributed by atoms with Crippen LogP contribution >= 0.6 is 0 Å². The maximum absolute atomic E-state index is 13.3. The fraction of sp³-hybridized carbons (Fsp3) is 0.452. The molecule has 9 heteroatoms. The average molecular weight is 541 g/mol. The molecule has 3 N–H and O–H groups in total. The van der Waals surface area contributed by atoms with Gasteiger partial charge in [-0.1, -0.05) is 12.1 Å². The van der Waals surface area contributed by atoms with Crippen LogP contribution in [-0.4, -0.2) is 62.7 Å². The molecule has 1 saturated carbocycles. The van der Waals surface area contributed by atoms with Gasteiger partial charge in [-0.3, -0.25) is 9.59 Å². The summed E-state index contributed by atoms with van der Waals surface area (Å²) in [4.78, 5) is 26.8. The molecule has 0 spiro atoms. The van der Waals surface area contributed by atoms with E-state index in [1.54, 1.807) is 0 Å². The van der Waals surface area contributed by atoms with Gasteiger partial charge in [-0.15, -0.1) is 0 Å². The molecule has 9 nitrogen and oxygen atoms in total. The quantitative estimate of drug-likeness (QED) is 0.370. The number of aromatic nitrogens is 3. The van der Waals surface area contributed by atoms with Gasteiger partial charge in [0.25, 0.3) is 5.91 Å².